The predicted octanol–water partition coefficient (Wildman–Crippen LogP) is 2.84. The van der Waals surface area contributed by atoms with Crippen LogP contribution in [0.2, 0.25) is 0 Å². The summed E-state index contributed by atoms with van der Waals surface area (Å²) in [5, 5.41) is 1.03. The Labute approximate surface area is 126 Å². The molecule has 5 nitrogen and oxygen atoms in total. The van der Waals surface area contributed by atoms with Crippen molar-refractivity contribution in [1.29, 1.82) is 0 Å². The first-order valence-electron chi connectivity index (χ1n) is 7.02. The molecule has 4 rings (SSSR count). The van der Waals surface area contributed by atoms with Crippen LogP contribution in [0.5, 0.6) is 0 Å². The van der Waals surface area contributed by atoms with E-state index in [1.54, 1.807) is 23.2 Å². The van der Waals surface area contributed by atoms with Crippen molar-refractivity contribution >= 4 is 23.2 Å². The highest BCUT2D eigenvalue weighted by molar-refractivity contribution is 5.96. The minimum absolute atomic E-state index is 0.100. The van der Waals surface area contributed by atoms with Crippen molar-refractivity contribution in [2.24, 2.45) is 4.99 Å². The van der Waals surface area contributed by atoms with Crippen LogP contribution in [0, 0.1) is 0 Å². The van der Waals surface area contributed by atoms with Crippen LogP contribution in [0.15, 0.2) is 66.0 Å². The van der Waals surface area contributed by atoms with Crippen LogP contribution < -0.4 is 0 Å². The lowest BCUT2D eigenvalue weighted by Gasteiger charge is -2.17. The molecule has 0 saturated heterocycles. The van der Waals surface area contributed by atoms with Gasteiger partial charge in [-0.2, -0.15) is 0 Å². The number of ether oxygens (including phenoxy) is 1. The molecule has 1 aliphatic heterocycles. The molecule has 0 N–H and O–H groups in total. The van der Waals surface area contributed by atoms with E-state index in [0.717, 1.165) is 16.5 Å². The fourth-order valence-electron chi connectivity index (χ4n) is 2.74. The lowest BCUT2D eigenvalue weighted by Crippen LogP contribution is -2.28. The molecule has 22 heavy (non-hydrogen) atoms. The number of fused-ring (bicyclic) bond motifs is 1. The summed E-state index contributed by atoms with van der Waals surface area (Å²) in [4.78, 5) is 21.1. The van der Waals surface area contributed by atoms with Gasteiger partial charge in [-0.1, -0.05) is 18.2 Å². The second kappa shape index (κ2) is 5.11. The molecule has 2 atom stereocenters. The Balaban J connectivity index is 1.71. The van der Waals surface area contributed by atoms with Crippen molar-refractivity contribution in [2.75, 3.05) is 0 Å². The summed E-state index contributed by atoms with van der Waals surface area (Å²) in [6, 6.07) is 12.8. The monoisotopic (exact) mass is 291 g/mol. The second-order valence-electron chi connectivity index (χ2n) is 5.12. The summed E-state index contributed by atoms with van der Waals surface area (Å²) in [5.41, 5.74) is 1.77. The minimum atomic E-state index is -0.585. The van der Waals surface area contributed by atoms with Crippen molar-refractivity contribution in [3.63, 3.8) is 0 Å². The molecular weight excluding hydrogens is 278 g/mol. The number of para-hydroxylation sites is 1. The molecule has 1 aliphatic rings. The Morgan fingerprint density at radius 1 is 1.09 bits per heavy atom. The summed E-state index contributed by atoms with van der Waals surface area (Å²) in [7, 11) is 0. The molecule has 0 spiro atoms. The molecule has 1 aromatic carbocycles. The van der Waals surface area contributed by atoms with E-state index in [1.165, 1.54) is 6.40 Å². The number of aromatic nitrogens is 2. The Hall–Kier alpha value is -2.95. The Bertz CT molecular complexity index is 854. The van der Waals surface area contributed by atoms with Crippen molar-refractivity contribution < 1.29 is 9.53 Å². The Morgan fingerprint density at radius 3 is 2.77 bits per heavy atom. The van der Waals surface area contributed by atoms with E-state index < -0.39 is 12.1 Å². The maximum atomic E-state index is 12.9. The highest BCUT2D eigenvalue weighted by Gasteiger charge is 2.35. The van der Waals surface area contributed by atoms with Gasteiger partial charge in [0, 0.05) is 24.0 Å². The Kier molecular flexibility index (Phi) is 2.96. The van der Waals surface area contributed by atoms with Gasteiger partial charge in [0.25, 0.3) is 5.91 Å². The van der Waals surface area contributed by atoms with Crippen LogP contribution in [0.25, 0.3) is 10.9 Å². The van der Waals surface area contributed by atoms with Gasteiger partial charge in [-0.3, -0.25) is 14.3 Å². The average Bonchev–Trinajstić information content (AvgIpc) is 3.22. The average molecular weight is 291 g/mol. The first-order chi connectivity index (χ1) is 10.8. The van der Waals surface area contributed by atoms with E-state index in [2.05, 4.69) is 9.98 Å². The van der Waals surface area contributed by atoms with Gasteiger partial charge in [0.05, 0.1) is 5.52 Å². The number of pyridine rings is 1. The van der Waals surface area contributed by atoms with Gasteiger partial charge in [-0.25, -0.2) is 4.99 Å². The minimum Gasteiger partial charge on any atom is -0.473 e. The number of benzene rings is 1. The van der Waals surface area contributed by atoms with Gasteiger partial charge in [0.1, 0.15) is 0 Å². The van der Waals surface area contributed by atoms with Crippen LogP contribution in [-0.4, -0.2) is 27.9 Å². The quantitative estimate of drug-likeness (QED) is 0.729. The van der Waals surface area contributed by atoms with Gasteiger partial charge >= 0.3 is 0 Å². The van der Waals surface area contributed by atoms with Crippen LogP contribution in [-0.2, 0) is 4.74 Å². The molecule has 0 bridgehead atoms. The molecule has 2 unspecified atom stereocenters. The number of aliphatic imine (C=N–C) groups is 1. The van der Waals surface area contributed by atoms with Gasteiger partial charge in [-0.05, 0) is 29.8 Å². The standard InChI is InChI=1S/C17H13N3O2/c21-17(20-10-7-12-3-1-2-4-14(12)20)15-16(22-11-19-15)13-5-8-18-9-6-13/h1-11,15-16H. The van der Waals surface area contributed by atoms with Gasteiger partial charge in [0.2, 0.25) is 0 Å². The van der Waals surface area contributed by atoms with E-state index in [0.29, 0.717) is 0 Å². The first-order valence-corrected chi connectivity index (χ1v) is 7.02. The zero-order valence-corrected chi connectivity index (χ0v) is 11.7. The molecule has 0 fully saturated rings. The Morgan fingerprint density at radius 2 is 1.91 bits per heavy atom. The van der Waals surface area contributed by atoms with Crippen molar-refractivity contribution in [1.82, 2.24) is 9.55 Å². The first kappa shape index (κ1) is 12.8. The zero-order valence-electron chi connectivity index (χ0n) is 11.7. The SMILES string of the molecule is O=C(C1N=COC1c1ccncc1)n1ccc2ccccc21. The fraction of sp³-hybridized carbons (Fsp3) is 0.118. The van der Waals surface area contributed by atoms with Crippen LogP contribution in [0.3, 0.4) is 0 Å². The van der Waals surface area contributed by atoms with Gasteiger partial charge < -0.3 is 4.74 Å². The summed E-state index contributed by atoms with van der Waals surface area (Å²) < 4.78 is 7.17. The lowest BCUT2D eigenvalue weighted by atomic mass is 10.0. The lowest BCUT2D eigenvalue weighted by molar-refractivity contribution is 0.0815. The largest absolute Gasteiger partial charge is 0.473 e. The van der Waals surface area contributed by atoms with Crippen molar-refractivity contribution in [3.8, 4) is 0 Å². The summed E-state index contributed by atoms with van der Waals surface area (Å²) >= 11 is 0. The van der Waals surface area contributed by atoms with E-state index in [1.807, 2.05) is 42.5 Å². The molecular formula is C17H13N3O2. The number of carbonyl (C=O) groups is 1. The summed E-state index contributed by atoms with van der Waals surface area (Å²) in [5.74, 6) is -0.100. The number of hydrogen-bond donors (Lipinski definition) is 0. The van der Waals surface area contributed by atoms with Crippen molar-refractivity contribution in [3.05, 3.63) is 66.6 Å². The fourth-order valence-corrected chi connectivity index (χ4v) is 2.74. The van der Waals surface area contributed by atoms with E-state index in [9.17, 15) is 4.79 Å². The topological polar surface area (TPSA) is 56.5 Å². The molecule has 0 amide bonds. The highest BCUT2D eigenvalue weighted by Crippen LogP contribution is 2.28. The van der Waals surface area contributed by atoms with Gasteiger partial charge in [-0.15, -0.1) is 0 Å². The maximum absolute atomic E-state index is 12.9. The molecule has 3 heterocycles. The summed E-state index contributed by atoms with van der Waals surface area (Å²) in [6.45, 7) is 0. The third-order valence-corrected chi connectivity index (χ3v) is 3.84. The van der Waals surface area contributed by atoms with Gasteiger partial charge in [0.15, 0.2) is 18.5 Å². The number of hydrogen-bond acceptors (Lipinski definition) is 4. The highest BCUT2D eigenvalue weighted by atomic mass is 16.5. The zero-order chi connectivity index (χ0) is 14.9. The molecule has 0 saturated carbocycles. The predicted molar refractivity (Wildman–Crippen MR) is 82.9 cm³/mol. The molecule has 0 aliphatic carbocycles. The van der Waals surface area contributed by atoms with Crippen LogP contribution in [0.4, 0.5) is 0 Å². The molecule has 5 heteroatoms. The third kappa shape index (κ3) is 1.98. The second-order valence-corrected chi connectivity index (χ2v) is 5.12. The molecule has 0 radical (unpaired) electrons. The van der Waals surface area contributed by atoms with Crippen LogP contribution >= 0.6 is 0 Å². The normalized spacial score (nSPS) is 20.2. The molecule has 2 aromatic heterocycles. The maximum Gasteiger partial charge on any atom is 0.260 e. The van der Waals surface area contributed by atoms with E-state index in [4.69, 9.17) is 4.74 Å². The number of nitrogens with zero attached hydrogens (tertiary/aromatic N) is 3. The molecule has 108 valence electrons. The number of rotatable bonds is 2. The third-order valence-electron chi connectivity index (χ3n) is 3.84. The number of carbonyl (C=O) groups excluding carboxylic acids is 1. The van der Waals surface area contributed by atoms with Crippen molar-refractivity contribution in [2.45, 2.75) is 12.1 Å². The van der Waals surface area contributed by atoms with E-state index >= 15 is 0 Å². The summed E-state index contributed by atoms with van der Waals surface area (Å²) in [6.07, 6.45) is 6.11. The smallest absolute Gasteiger partial charge is 0.260 e. The molecule has 3 aromatic rings. The van der Waals surface area contributed by atoms with E-state index in [-0.39, 0.29) is 5.91 Å². The van der Waals surface area contributed by atoms with Crippen LogP contribution in [0.1, 0.15) is 16.5 Å².